The molecule has 22 heavy (non-hydrogen) atoms. The molecule has 2 aromatic rings. The summed E-state index contributed by atoms with van der Waals surface area (Å²) in [6.07, 6.45) is 0.981. The molecule has 3 rings (SSSR count). The molecule has 0 saturated carbocycles. The van der Waals surface area contributed by atoms with Gasteiger partial charge in [0.15, 0.2) is 0 Å². The first-order valence-electron chi connectivity index (χ1n) is 7.33. The number of rotatable bonds is 5. The minimum atomic E-state index is 0.293. The highest BCUT2D eigenvalue weighted by Crippen LogP contribution is 2.25. The van der Waals surface area contributed by atoms with E-state index in [2.05, 4.69) is 15.3 Å². The van der Waals surface area contributed by atoms with Gasteiger partial charge in [-0.15, -0.1) is 0 Å². The Bertz CT molecular complexity index is 625. The minimum absolute atomic E-state index is 0.293. The van der Waals surface area contributed by atoms with Crippen molar-refractivity contribution < 1.29 is 9.47 Å². The van der Waals surface area contributed by atoms with Crippen LogP contribution in [0.1, 0.15) is 23.6 Å². The maximum atomic E-state index is 5.81. The molecule has 1 saturated heterocycles. The zero-order chi connectivity index (χ0) is 15.4. The van der Waals surface area contributed by atoms with Gasteiger partial charge >= 0.3 is 0 Å². The first kappa shape index (κ1) is 14.6. The molecule has 1 aliphatic rings. The van der Waals surface area contributed by atoms with E-state index < -0.39 is 0 Å². The summed E-state index contributed by atoms with van der Waals surface area (Å²) in [5, 5.41) is 3.29. The maximum Gasteiger partial charge on any atom is 0.222 e. The van der Waals surface area contributed by atoms with Crippen LogP contribution in [0.5, 0.6) is 5.75 Å². The van der Waals surface area contributed by atoms with Crippen molar-refractivity contribution in [1.82, 2.24) is 9.97 Å². The molecule has 3 N–H and O–H groups in total. The third-order valence-electron chi connectivity index (χ3n) is 3.74. The zero-order valence-corrected chi connectivity index (χ0v) is 12.6. The average molecular weight is 300 g/mol. The second kappa shape index (κ2) is 6.62. The number of methoxy groups -OCH3 is 1. The number of hydrogen-bond donors (Lipinski definition) is 2. The molecule has 0 bridgehead atoms. The minimum Gasteiger partial charge on any atom is -0.497 e. The van der Waals surface area contributed by atoms with Crippen molar-refractivity contribution >= 4 is 11.8 Å². The van der Waals surface area contributed by atoms with Crippen molar-refractivity contribution in [3.63, 3.8) is 0 Å². The molecule has 1 fully saturated rings. The molecule has 2 heterocycles. The van der Waals surface area contributed by atoms with E-state index in [1.54, 1.807) is 7.11 Å². The Hall–Kier alpha value is -2.34. The van der Waals surface area contributed by atoms with Crippen molar-refractivity contribution in [1.29, 1.82) is 0 Å². The van der Waals surface area contributed by atoms with Crippen LogP contribution >= 0.6 is 0 Å². The van der Waals surface area contributed by atoms with E-state index in [4.69, 9.17) is 15.2 Å². The van der Waals surface area contributed by atoms with Crippen LogP contribution in [0.2, 0.25) is 0 Å². The van der Waals surface area contributed by atoms with Gasteiger partial charge in [-0.1, -0.05) is 12.1 Å². The molecule has 0 spiro atoms. The van der Waals surface area contributed by atoms with Crippen LogP contribution in [0.4, 0.5) is 11.8 Å². The summed E-state index contributed by atoms with van der Waals surface area (Å²) in [6, 6.07) is 9.86. The fourth-order valence-electron chi connectivity index (χ4n) is 2.49. The van der Waals surface area contributed by atoms with E-state index in [0.29, 0.717) is 25.0 Å². The van der Waals surface area contributed by atoms with Crippen LogP contribution < -0.4 is 15.8 Å². The molecular formula is C16H20N4O2. The van der Waals surface area contributed by atoms with Gasteiger partial charge in [0.2, 0.25) is 5.95 Å². The predicted octanol–water partition coefficient (Wildman–Crippen LogP) is 2.18. The van der Waals surface area contributed by atoms with E-state index in [1.165, 1.54) is 0 Å². The van der Waals surface area contributed by atoms with Crippen LogP contribution in [0.15, 0.2) is 30.3 Å². The topological polar surface area (TPSA) is 82.3 Å². The fourth-order valence-corrected chi connectivity index (χ4v) is 2.49. The number of nitrogens with zero attached hydrogens (tertiary/aromatic N) is 2. The van der Waals surface area contributed by atoms with Crippen LogP contribution in [-0.2, 0) is 11.3 Å². The Morgan fingerprint density at radius 3 is 2.82 bits per heavy atom. The number of anilines is 2. The molecule has 116 valence electrons. The number of nitrogen functional groups attached to an aromatic ring is 1. The second-order valence-corrected chi connectivity index (χ2v) is 5.30. The normalized spacial score (nSPS) is 17.4. The fraction of sp³-hybridized carbons (Fsp3) is 0.375. The van der Waals surface area contributed by atoms with Crippen molar-refractivity contribution in [3.05, 3.63) is 41.6 Å². The lowest BCUT2D eigenvalue weighted by molar-refractivity contribution is 0.193. The van der Waals surface area contributed by atoms with E-state index in [9.17, 15) is 0 Å². The summed E-state index contributed by atoms with van der Waals surface area (Å²) < 4.78 is 10.6. The third-order valence-corrected chi connectivity index (χ3v) is 3.74. The Morgan fingerprint density at radius 1 is 1.32 bits per heavy atom. The highest BCUT2D eigenvalue weighted by Gasteiger charge is 2.20. The lowest BCUT2D eigenvalue weighted by atomic mass is 10.0. The molecule has 6 heteroatoms. The molecule has 1 unspecified atom stereocenters. The van der Waals surface area contributed by atoms with E-state index in [1.807, 2.05) is 30.3 Å². The van der Waals surface area contributed by atoms with Crippen LogP contribution in [0.3, 0.4) is 0 Å². The molecule has 1 aromatic carbocycles. The number of nitrogens with two attached hydrogens (primary N) is 1. The number of benzene rings is 1. The first-order valence-corrected chi connectivity index (χ1v) is 7.33. The van der Waals surface area contributed by atoms with Gasteiger partial charge < -0.3 is 20.5 Å². The molecule has 1 atom stereocenters. The van der Waals surface area contributed by atoms with E-state index in [0.717, 1.165) is 35.9 Å². The summed E-state index contributed by atoms with van der Waals surface area (Å²) in [7, 11) is 1.66. The van der Waals surface area contributed by atoms with Crippen molar-refractivity contribution in [3.8, 4) is 5.75 Å². The van der Waals surface area contributed by atoms with Crippen LogP contribution in [0, 0.1) is 0 Å². The lowest BCUT2D eigenvalue weighted by Crippen LogP contribution is -2.09. The van der Waals surface area contributed by atoms with Crippen LogP contribution in [0.25, 0.3) is 0 Å². The third kappa shape index (κ3) is 3.46. The van der Waals surface area contributed by atoms with Gasteiger partial charge in [0.05, 0.1) is 19.4 Å². The Kier molecular flexibility index (Phi) is 4.39. The van der Waals surface area contributed by atoms with Crippen LogP contribution in [-0.4, -0.2) is 30.3 Å². The summed E-state index contributed by atoms with van der Waals surface area (Å²) in [5.41, 5.74) is 7.90. The molecule has 1 aromatic heterocycles. The SMILES string of the molecule is COc1ccc(CNc2cc(C3CCOC3)nc(N)n2)cc1. The van der Waals surface area contributed by atoms with Gasteiger partial charge in [-0.25, -0.2) is 4.98 Å². The molecule has 0 amide bonds. The highest BCUT2D eigenvalue weighted by molar-refractivity contribution is 5.42. The molecular weight excluding hydrogens is 280 g/mol. The van der Waals surface area contributed by atoms with Crippen molar-refractivity contribution in [2.45, 2.75) is 18.9 Å². The number of ether oxygens (including phenoxy) is 2. The highest BCUT2D eigenvalue weighted by atomic mass is 16.5. The Morgan fingerprint density at radius 2 is 2.14 bits per heavy atom. The second-order valence-electron chi connectivity index (χ2n) is 5.30. The maximum absolute atomic E-state index is 5.81. The van der Waals surface area contributed by atoms with Gasteiger partial charge in [-0.2, -0.15) is 4.98 Å². The van der Waals surface area contributed by atoms with Crippen molar-refractivity contribution in [2.24, 2.45) is 0 Å². The Balaban J connectivity index is 1.68. The van der Waals surface area contributed by atoms with E-state index in [-0.39, 0.29) is 0 Å². The predicted molar refractivity (Wildman–Crippen MR) is 84.9 cm³/mol. The number of aromatic nitrogens is 2. The van der Waals surface area contributed by atoms with Gasteiger partial charge in [0.1, 0.15) is 11.6 Å². The quantitative estimate of drug-likeness (QED) is 0.880. The molecule has 0 radical (unpaired) electrons. The van der Waals surface area contributed by atoms with Gasteiger partial charge in [0.25, 0.3) is 0 Å². The smallest absolute Gasteiger partial charge is 0.222 e. The monoisotopic (exact) mass is 300 g/mol. The van der Waals surface area contributed by atoms with Crippen molar-refractivity contribution in [2.75, 3.05) is 31.4 Å². The summed E-state index contributed by atoms with van der Waals surface area (Å²) in [4.78, 5) is 8.57. The number of hydrogen-bond acceptors (Lipinski definition) is 6. The standard InChI is InChI=1S/C16H20N4O2/c1-21-13-4-2-11(3-5-13)9-18-15-8-14(19-16(17)20-15)12-6-7-22-10-12/h2-5,8,12H,6-7,9-10H2,1H3,(H3,17,18,19,20). The number of nitrogens with one attached hydrogen (secondary N) is 1. The summed E-state index contributed by atoms with van der Waals surface area (Å²) in [6.45, 7) is 2.15. The van der Waals surface area contributed by atoms with Gasteiger partial charge in [0, 0.05) is 25.1 Å². The lowest BCUT2D eigenvalue weighted by Gasteiger charge is -2.11. The van der Waals surface area contributed by atoms with Gasteiger partial charge in [-0.3, -0.25) is 0 Å². The zero-order valence-electron chi connectivity index (χ0n) is 12.6. The summed E-state index contributed by atoms with van der Waals surface area (Å²) >= 11 is 0. The molecule has 6 nitrogen and oxygen atoms in total. The Labute approximate surface area is 129 Å². The van der Waals surface area contributed by atoms with E-state index >= 15 is 0 Å². The largest absolute Gasteiger partial charge is 0.497 e. The molecule has 0 aliphatic carbocycles. The first-order chi connectivity index (χ1) is 10.7. The summed E-state index contributed by atoms with van der Waals surface area (Å²) in [5.74, 6) is 2.19. The molecule has 1 aliphatic heterocycles. The van der Waals surface area contributed by atoms with Gasteiger partial charge in [-0.05, 0) is 24.1 Å². The average Bonchev–Trinajstić information content (AvgIpc) is 3.07.